The smallest absolute Gasteiger partial charge is 0.158 e. The van der Waals surface area contributed by atoms with Gasteiger partial charge in [-0.15, -0.1) is 0 Å². The Morgan fingerprint density at radius 1 is 1.14 bits per heavy atom. The second-order valence-corrected chi connectivity index (χ2v) is 13.1. The van der Waals surface area contributed by atoms with Gasteiger partial charge in [-0.3, -0.25) is 4.79 Å². The summed E-state index contributed by atoms with van der Waals surface area (Å²) in [6.45, 7) is 4.25. The van der Waals surface area contributed by atoms with E-state index in [1.54, 1.807) is 6.08 Å². The maximum absolute atomic E-state index is 11.8. The number of alkyl halides is 4. The molecule has 2 aliphatic carbocycles. The minimum atomic E-state index is -0.629. The van der Waals surface area contributed by atoms with E-state index >= 15 is 0 Å². The van der Waals surface area contributed by atoms with Gasteiger partial charge in [-0.2, -0.15) is 0 Å². The van der Waals surface area contributed by atoms with E-state index in [-0.39, 0.29) is 26.5 Å². The third kappa shape index (κ3) is 2.27. The van der Waals surface area contributed by atoms with E-state index in [1.807, 2.05) is 6.08 Å². The van der Waals surface area contributed by atoms with Crippen LogP contribution in [0.4, 0.5) is 0 Å². The fourth-order valence-corrected chi connectivity index (χ4v) is 5.29. The second kappa shape index (κ2) is 5.38. The molecule has 1 aliphatic heterocycles. The molecule has 0 amide bonds. The molecule has 0 unspecified atom stereocenters. The summed E-state index contributed by atoms with van der Waals surface area (Å²) in [6.07, 6.45) is 12.4. The van der Waals surface area contributed by atoms with Crippen molar-refractivity contribution in [3.05, 3.63) is 36.5 Å². The molecule has 2 atom stereocenters. The van der Waals surface area contributed by atoms with Gasteiger partial charge in [0.2, 0.25) is 0 Å². The Morgan fingerprint density at radius 2 is 1.73 bits per heavy atom. The summed E-state index contributed by atoms with van der Waals surface area (Å²) >= 11 is 14.9. The number of carbonyl (C=O) groups excluding carboxylic acids is 1. The summed E-state index contributed by atoms with van der Waals surface area (Å²) in [5.74, 6) is 0.116. The molecule has 6 heteroatoms. The first kappa shape index (κ1) is 17.6. The molecule has 1 fully saturated rings. The third-order valence-electron chi connectivity index (χ3n) is 5.03. The van der Waals surface area contributed by atoms with Crippen molar-refractivity contribution in [3.8, 4) is 0 Å². The summed E-state index contributed by atoms with van der Waals surface area (Å²) in [5.41, 5.74) is -1.08. The van der Waals surface area contributed by atoms with E-state index in [2.05, 4.69) is 102 Å². The first-order valence-corrected chi connectivity index (χ1v) is 10.4. The van der Waals surface area contributed by atoms with Gasteiger partial charge in [0, 0.05) is 17.3 Å². The van der Waals surface area contributed by atoms with Crippen molar-refractivity contribution in [2.24, 2.45) is 10.8 Å². The standard InChI is InChI=1S/C16H16Br4O2/c1-13(12(17)18)5-7-15(8-6-13)16(19,20)14(2)4-3-10(21)9-11(14)22-15/h3-8,11-12H,9H2,1-2H3/t11-,13?,14+,15?/m0/s1. The average molecular weight is 560 g/mol. The molecule has 22 heavy (non-hydrogen) atoms. The third-order valence-corrected chi connectivity index (χ3v) is 9.95. The number of ketones is 1. The summed E-state index contributed by atoms with van der Waals surface area (Å²) < 4.78 is 6.01. The highest BCUT2D eigenvalue weighted by molar-refractivity contribution is 9.25. The van der Waals surface area contributed by atoms with Crippen LogP contribution in [0.5, 0.6) is 0 Å². The fraction of sp³-hybridized carbons (Fsp3) is 0.562. The van der Waals surface area contributed by atoms with Gasteiger partial charge >= 0.3 is 0 Å². The Labute approximate surface area is 164 Å². The highest BCUT2D eigenvalue weighted by Gasteiger charge is 2.68. The van der Waals surface area contributed by atoms with Gasteiger partial charge in [-0.25, -0.2) is 0 Å². The van der Waals surface area contributed by atoms with Crippen LogP contribution in [0.1, 0.15) is 20.3 Å². The molecule has 1 heterocycles. The van der Waals surface area contributed by atoms with E-state index in [0.29, 0.717) is 6.42 Å². The van der Waals surface area contributed by atoms with Crippen LogP contribution in [-0.4, -0.2) is 24.5 Å². The molecule has 0 saturated carbocycles. The average Bonchev–Trinajstić information content (AvgIpc) is 2.60. The fourth-order valence-electron chi connectivity index (χ4n) is 3.19. The van der Waals surface area contributed by atoms with E-state index in [1.165, 1.54) is 0 Å². The quantitative estimate of drug-likeness (QED) is 0.318. The molecule has 0 aromatic heterocycles. The maximum atomic E-state index is 11.8. The molecule has 3 rings (SSSR count). The molecule has 0 bridgehead atoms. The molecule has 1 saturated heterocycles. The summed E-state index contributed by atoms with van der Waals surface area (Å²) in [4.78, 5) is 11.8. The molecule has 0 aromatic rings. The molecule has 120 valence electrons. The lowest BCUT2D eigenvalue weighted by atomic mass is 9.72. The van der Waals surface area contributed by atoms with Crippen LogP contribution >= 0.6 is 63.7 Å². The highest BCUT2D eigenvalue weighted by atomic mass is 79.9. The van der Waals surface area contributed by atoms with Crippen molar-refractivity contribution < 1.29 is 9.53 Å². The van der Waals surface area contributed by atoms with Crippen LogP contribution < -0.4 is 0 Å². The van der Waals surface area contributed by atoms with E-state index < -0.39 is 8.83 Å². The van der Waals surface area contributed by atoms with Crippen LogP contribution in [0.15, 0.2) is 36.5 Å². The number of rotatable bonds is 1. The lowest BCUT2D eigenvalue weighted by Crippen LogP contribution is -2.48. The van der Waals surface area contributed by atoms with Gasteiger partial charge in [0.05, 0.1) is 9.84 Å². The number of carbonyl (C=O) groups is 1. The molecule has 0 aromatic carbocycles. The Balaban J connectivity index is 2.04. The minimum absolute atomic E-state index is 0.116. The van der Waals surface area contributed by atoms with Crippen LogP contribution in [0.3, 0.4) is 0 Å². The zero-order valence-electron chi connectivity index (χ0n) is 12.2. The monoisotopic (exact) mass is 556 g/mol. The second-order valence-electron chi connectivity index (χ2n) is 6.59. The van der Waals surface area contributed by atoms with Crippen molar-refractivity contribution in [2.75, 3.05) is 0 Å². The number of hydrogen-bond donors (Lipinski definition) is 0. The maximum Gasteiger partial charge on any atom is 0.158 e. The first-order valence-electron chi connectivity index (χ1n) is 7.03. The zero-order valence-corrected chi connectivity index (χ0v) is 18.5. The lowest BCUT2D eigenvalue weighted by Gasteiger charge is -2.42. The summed E-state index contributed by atoms with van der Waals surface area (Å²) in [7, 11) is 0. The predicted molar refractivity (Wildman–Crippen MR) is 103 cm³/mol. The molecule has 0 N–H and O–H groups in total. The summed E-state index contributed by atoms with van der Waals surface area (Å²) in [5, 5.41) is 0. The Hall–Kier alpha value is 0.770. The van der Waals surface area contributed by atoms with Crippen LogP contribution in [0, 0.1) is 10.8 Å². The number of allylic oxidation sites excluding steroid dienone is 3. The van der Waals surface area contributed by atoms with Gasteiger partial charge < -0.3 is 4.74 Å². The number of ether oxygens (including phenoxy) is 1. The van der Waals surface area contributed by atoms with Crippen molar-refractivity contribution in [2.45, 2.75) is 38.9 Å². The molecular weight excluding hydrogens is 544 g/mol. The number of halogens is 4. The van der Waals surface area contributed by atoms with Gasteiger partial charge in [0.1, 0.15) is 8.83 Å². The number of hydrogen-bond acceptors (Lipinski definition) is 2. The minimum Gasteiger partial charge on any atom is -0.360 e. The largest absolute Gasteiger partial charge is 0.360 e. The Kier molecular flexibility index (Phi) is 4.30. The highest BCUT2D eigenvalue weighted by Crippen LogP contribution is 2.65. The lowest BCUT2D eigenvalue weighted by molar-refractivity contribution is -0.119. The van der Waals surface area contributed by atoms with Crippen molar-refractivity contribution in [3.63, 3.8) is 0 Å². The first-order chi connectivity index (χ1) is 10.1. The molecule has 0 radical (unpaired) electrons. The van der Waals surface area contributed by atoms with Crippen LogP contribution in [0.2, 0.25) is 0 Å². The topological polar surface area (TPSA) is 26.3 Å². The molecular formula is C16H16Br4O2. The molecule has 2 nitrogen and oxygen atoms in total. The van der Waals surface area contributed by atoms with Crippen molar-refractivity contribution in [1.82, 2.24) is 0 Å². The van der Waals surface area contributed by atoms with Crippen molar-refractivity contribution in [1.29, 1.82) is 0 Å². The zero-order chi connectivity index (χ0) is 16.4. The van der Waals surface area contributed by atoms with Gasteiger partial charge in [-0.1, -0.05) is 95.8 Å². The Morgan fingerprint density at radius 3 is 2.27 bits per heavy atom. The SMILES string of the molecule is CC1(C(Br)Br)C=CC2(C=C1)O[C@H]1CC(=O)C=C[C@@]1(C)C2(Br)Br. The van der Waals surface area contributed by atoms with Crippen molar-refractivity contribution >= 4 is 69.5 Å². The van der Waals surface area contributed by atoms with E-state index in [4.69, 9.17) is 4.74 Å². The predicted octanol–water partition coefficient (Wildman–Crippen LogP) is 5.39. The van der Waals surface area contributed by atoms with E-state index in [0.717, 1.165) is 0 Å². The molecule has 1 spiro atoms. The number of fused-ring (bicyclic) bond motifs is 1. The van der Waals surface area contributed by atoms with Gasteiger partial charge in [0.15, 0.2) is 5.78 Å². The van der Waals surface area contributed by atoms with Crippen LogP contribution in [-0.2, 0) is 9.53 Å². The van der Waals surface area contributed by atoms with Gasteiger partial charge in [-0.05, 0) is 18.2 Å². The Bertz CT molecular complexity index is 591. The van der Waals surface area contributed by atoms with Gasteiger partial charge in [0.25, 0.3) is 0 Å². The summed E-state index contributed by atoms with van der Waals surface area (Å²) in [6, 6.07) is 0. The van der Waals surface area contributed by atoms with Crippen LogP contribution in [0.25, 0.3) is 0 Å². The molecule has 3 aliphatic rings. The normalized spacial score (nSPS) is 45.8. The van der Waals surface area contributed by atoms with E-state index in [9.17, 15) is 4.79 Å².